The molecule has 0 saturated carbocycles. The highest BCUT2D eigenvalue weighted by atomic mass is 19.1. The molecule has 0 radical (unpaired) electrons. The fourth-order valence-corrected chi connectivity index (χ4v) is 2.73. The van der Waals surface area contributed by atoms with Crippen molar-refractivity contribution >= 4 is 16.7 Å². The van der Waals surface area contributed by atoms with Gasteiger partial charge in [-0.3, -0.25) is 4.79 Å². The van der Waals surface area contributed by atoms with Crippen LogP contribution in [0.3, 0.4) is 0 Å². The van der Waals surface area contributed by atoms with Crippen molar-refractivity contribution in [2.75, 3.05) is 0 Å². The minimum atomic E-state index is -0.662. The van der Waals surface area contributed by atoms with Gasteiger partial charge in [-0.25, -0.2) is 4.39 Å². The Morgan fingerprint density at radius 3 is 2.50 bits per heavy atom. The highest BCUT2D eigenvalue weighted by Gasteiger charge is 2.14. The Kier molecular flexibility index (Phi) is 4.87. The molecular formula is C20H19FN2O. The van der Waals surface area contributed by atoms with Gasteiger partial charge < -0.3 is 11.1 Å². The fraction of sp³-hybridized carbons (Fsp3) is 0.150. The van der Waals surface area contributed by atoms with Gasteiger partial charge in [-0.2, -0.15) is 0 Å². The molecule has 0 unspecified atom stereocenters. The van der Waals surface area contributed by atoms with E-state index in [1.165, 1.54) is 12.1 Å². The predicted octanol–water partition coefficient (Wildman–Crippen LogP) is 3.17. The molecule has 3 aromatic carbocycles. The van der Waals surface area contributed by atoms with Crippen LogP contribution in [0.25, 0.3) is 10.8 Å². The van der Waals surface area contributed by atoms with Crippen LogP contribution in [0.4, 0.5) is 4.39 Å². The van der Waals surface area contributed by atoms with E-state index in [1.807, 2.05) is 42.5 Å². The zero-order chi connectivity index (χ0) is 16.9. The number of hydrogen-bond acceptors (Lipinski definition) is 2. The molecule has 1 amide bonds. The van der Waals surface area contributed by atoms with Gasteiger partial charge in [0.25, 0.3) is 0 Å². The first kappa shape index (κ1) is 16.1. The van der Waals surface area contributed by atoms with Gasteiger partial charge in [-0.15, -0.1) is 0 Å². The molecule has 0 bridgehead atoms. The van der Waals surface area contributed by atoms with Crippen LogP contribution in [-0.4, -0.2) is 11.9 Å². The Labute approximate surface area is 140 Å². The second kappa shape index (κ2) is 7.23. The summed E-state index contributed by atoms with van der Waals surface area (Å²) in [4.78, 5) is 12.2. The summed E-state index contributed by atoms with van der Waals surface area (Å²) in [6.45, 7) is 0.428. The molecule has 3 N–H and O–H groups in total. The number of amides is 1. The van der Waals surface area contributed by atoms with Gasteiger partial charge in [-0.05, 0) is 40.5 Å². The highest BCUT2D eigenvalue weighted by molar-refractivity contribution is 5.87. The van der Waals surface area contributed by atoms with Crippen LogP contribution >= 0.6 is 0 Å². The molecule has 3 aromatic rings. The first-order valence-electron chi connectivity index (χ1n) is 7.88. The molecule has 0 spiro atoms. The van der Waals surface area contributed by atoms with Crippen LogP contribution in [-0.2, 0) is 17.8 Å². The number of fused-ring (bicyclic) bond motifs is 1. The van der Waals surface area contributed by atoms with Crippen LogP contribution in [0.2, 0.25) is 0 Å². The molecule has 0 aromatic heterocycles. The second-order valence-corrected chi connectivity index (χ2v) is 5.79. The van der Waals surface area contributed by atoms with E-state index in [2.05, 4.69) is 5.32 Å². The Hall–Kier alpha value is -2.72. The lowest BCUT2D eigenvalue weighted by molar-refractivity contribution is -0.122. The molecule has 0 aliphatic rings. The third-order valence-electron chi connectivity index (χ3n) is 4.04. The van der Waals surface area contributed by atoms with Crippen molar-refractivity contribution < 1.29 is 9.18 Å². The largest absolute Gasteiger partial charge is 0.351 e. The summed E-state index contributed by atoms with van der Waals surface area (Å²) in [6.07, 6.45) is 0.377. The first-order chi connectivity index (χ1) is 11.6. The first-order valence-corrected chi connectivity index (χ1v) is 7.88. The van der Waals surface area contributed by atoms with E-state index in [1.54, 1.807) is 12.1 Å². The third kappa shape index (κ3) is 3.78. The van der Waals surface area contributed by atoms with Crippen LogP contribution < -0.4 is 11.1 Å². The van der Waals surface area contributed by atoms with Crippen LogP contribution in [0.15, 0.2) is 66.7 Å². The summed E-state index contributed by atoms with van der Waals surface area (Å²) in [7, 11) is 0. The second-order valence-electron chi connectivity index (χ2n) is 5.79. The van der Waals surface area contributed by atoms with Crippen LogP contribution in [0, 0.1) is 5.82 Å². The molecule has 0 fully saturated rings. The normalized spacial score (nSPS) is 12.1. The lowest BCUT2D eigenvalue weighted by Crippen LogP contribution is -2.41. The number of halogens is 1. The zero-order valence-electron chi connectivity index (χ0n) is 13.2. The lowest BCUT2D eigenvalue weighted by atomic mass is 10.0. The summed E-state index contributed by atoms with van der Waals surface area (Å²) in [5.41, 5.74) is 7.85. The van der Waals surface area contributed by atoms with Crippen molar-refractivity contribution in [3.63, 3.8) is 0 Å². The average molecular weight is 322 g/mol. The maximum atomic E-state index is 12.9. The van der Waals surface area contributed by atoms with Crippen molar-refractivity contribution in [1.82, 2.24) is 5.32 Å². The molecule has 1 atom stereocenters. The molecule has 0 aliphatic carbocycles. The maximum Gasteiger partial charge on any atom is 0.237 e. The highest BCUT2D eigenvalue weighted by Crippen LogP contribution is 2.18. The number of nitrogens with one attached hydrogen (secondary N) is 1. The van der Waals surface area contributed by atoms with Crippen LogP contribution in [0.5, 0.6) is 0 Å². The SMILES string of the molecule is N[C@@H](Cc1ccc(F)cc1)C(=O)NCc1cccc2ccccc12. The molecule has 0 heterocycles. The van der Waals surface area contributed by atoms with Crippen molar-refractivity contribution in [2.24, 2.45) is 5.73 Å². The molecule has 0 aliphatic heterocycles. The molecule has 0 saturated heterocycles. The lowest BCUT2D eigenvalue weighted by Gasteiger charge is -2.13. The Bertz CT molecular complexity index is 840. The Morgan fingerprint density at radius 2 is 1.71 bits per heavy atom. The Morgan fingerprint density at radius 1 is 1.00 bits per heavy atom. The molecule has 4 heteroatoms. The zero-order valence-corrected chi connectivity index (χ0v) is 13.2. The smallest absolute Gasteiger partial charge is 0.237 e. The quantitative estimate of drug-likeness (QED) is 0.758. The van der Waals surface area contributed by atoms with E-state index >= 15 is 0 Å². The van der Waals surface area contributed by atoms with Crippen molar-refractivity contribution in [3.8, 4) is 0 Å². The standard InChI is InChI=1S/C20H19FN2O/c21-17-10-8-14(9-11-17)12-19(22)20(24)23-13-16-6-3-5-15-4-1-2-7-18(15)16/h1-11,19H,12-13,22H2,(H,23,24)/t19-/m0/s1. The van der Waals surface area contributed by atoms with Crippen molar-refractivity contribution in [1.29, 1.82) is 0 Å². The molecule has 122 valence electrons. The number of carbonyl (C=O) groups excluding carboxylic acids is 1. The van der Waals surface area contributed by atoms with E-state index in [0.29, 0.717) is 13.0 Å². The fourth-order valence-electron chi connectivity index (χ4n) is 2.73. The monoisotopic (exact) mass is 322 g/mol. The Balaban J connectivity index is 1.63. The summed E-state index contributed by atoms with van der Waals surface area (Å²) < 4.78 is 12.9. The minimum Gasteiger partial charge on any atom is -0.351 e. The molecular weight excluding hydrogens is 303 g/mol. The van der Waals surface area contributed by atoms with Gasteiger partial charge >= 0.3 is 0 Å². The van der Waals surface area contributed by atoms with E-state index in [4.69, 9.17) is 5.73 Å². The van der Waals surface area contributed by atoms with Gasteiger partial charge in [0.15, 0.2) is 0 Å². The van der Waals surface area contributed by atoms with Gasteiger partial charge in [0.1, 0.15) is 5.82 Å². The summed E-state index contributed by atoms with van der Waals surface area (Å²) in [5.74, 6) is -0.514. The van der Waals surface area contributed by atoms with Gasteiger partial charge in [0, 0.05) is 6.54 Å². The van der Waals surface area contributed by atoms with Crippen molar-refractivity contribution in [2.45, 2.75) is 19.0 Å². The molecule has 24 heavy (non-hydrogen) atoms. The maximum absolute atomic E-state index is 12.9. The number of rotatable bonds is 5. The summed E-state index contributed by atoms with van der Waals surface area (Å²) >= 11 is 0. The van der Waals surface area contributed by atoms with E-state index in [9.17, 15) is 9.18 Å². The molecule has 3 nitrogen and oxygen atoms in total. The van der Waals surface area contributed by atoms with Crippen molar-refractivity contribution in [3.05, 3.63) is 83.7 Å². The number of hydrogen-bond donors (Lipinski definition) is 2. The van der Waals surface area contributed by atoms with Gasteiger partial charge in [0.05, 0.1) is 6.04 Å². The average Bonchev–Trinajstić information content (AvgIpc) is 2.61. The van der Waals surface area contributed by atoms with E-state index < -0.39 is 6.04 Å². The number of benzene rings is 3. The summed E-state index contributed by atoms with van der Waals surface area (Å²) in [5, 5.41) is 5.14. The molecule has 3 rings (SSSR count). The van der Waals surface area contributed by atoms with E-state index in [-0.39, 0.29) is 11.7 Å². The number of carbonyl (C=O) groups is 1. The predicted molar refractivity (Wildman–Crippen MR) is 93.9 cm³/mol. The third-order valence-corrected chi connectivity index (χ3v) is 4.04. The van der Waals surface area contributed by atoms with E-state index in [0.717, 1.165) is 21.9 Å². The van der Waals surface area contributed by atoms with Gasteiger partial charge in [-0.1, -0.05) is 54.6 Å². The topological polar surface area (TPSA) is 55.1 Å². The van der Waals surface area contributed by atoms with Crippen LogP contribution in [0.1, 0.15) is 11.1 Å². The minimum absolute atomic E-state index is 0.216. The summed E-state index contributed by atoms with van der Waals surface area (Å²) in [6, 6.07) is 19.4. The number of nitrogens with two attached hydrogens (primary N) is 1. The van der Waals surface area contributed by atoms with Gasteiger partial charge in [0.2, 0.25) is 5.91 Å².